The van der Waals surface area contributed by atoms with E-state index in [1.165, 1.54) is 11.1 Å². The fourth-order valence-electron chi connectivity index (χ4n) is 2.67. The van der Waals surface area contributed by atoms with E-state index in [2.05, 4.69) is 69.7 Å². The van der Waals surface area contributed by atoms with Crippen molar-refractivity contribution in [3.8, 4) is 0 Å². The number of aryl methyl sites for hydroxylation is 3. The zero-order valence-electron chi connectivity index (χ0n) is 16.0. The highest BCUT2D eigenvalue weighted by atomic mass is 15.1. The van der Waals surface area contributed by atoms with Crippen LogP contribution >= 0.6 is 0 Å². The summed E-state index contributed by atoms with van der Waals surface area (Å²) in [6, 6.07) is 16.5. The summed E-state index contributed by atoms with van der Waals surface area (Å²) in [6.45, 7) is 6.14. The average Bonchev–Trinajstić information content (AvgIpc) is 2.58. The van der Waals surface area contributed by atoms with Gasteiger partial charge in [-0.25, -0.2) is 4.98 Å². The van der Waals surface area contributed by atoms with E-state index < -0.39 is 0 Å². The first-order valence-electron chi connectivity index (χ1n) is 8.65. The summed E-state index contributed by atoms with van der Waals surface area (Å²) in [4.78, 5) is 11.2. The number of benzene rings is 2. The van der Waals surface area contributed by atoms with E-state index in [0.717, 1.165) is 28.6 Å². The highest BCUT2D eigenvalue weighted by Crippen LogP contribution is 2.23. The molecule has 0 aliphatic rings. The maximum atomic E-state index is 4.61. The monoisotopic (exact) mass is 347 g/mol. The molecular formula is C21H25N5. The zero-order valence-corrected chi connectivity index (χ0v) is 16.0. The Morgan fingerprint density at radius 2 is 1.54 bits per heavy atom. The van der Waals surface area contributed by atoms with E-state index in [0.29, 0.717) is 5.95 Å². The molecule has 0 bridgehead atoms. The molecule has 0 aliphatic carbocycles. The van der Waals surface area contributed by atoms with Gasteiger partial charge in [-0.3, -0.25) is 0 Å². The first-order valence-corrected chi connectivity index (χ1v) is 8.65. The van der Waals surface area contributed by atoms with Gasteiger partial charge < -0.3 is 15.5 Å². The molecule has 2 N–H and O–H groups in total. The lowest BCUT2D eigenvalue weighted by atomic mass is 10.1. The summed E-state index contributed by atoms with van der Waals surface area (Å²) in [5, 5.41) is 6.69. The van der Waals surface area contributed by atoms with Gasteiger partial charge in [0, 0.05) is 42.9 Å². The minimum absolute atomic E-state index is 0.579. The van der Waals surface area contributed by atoms with Crippen molar-refractivity contribution in [3.63, 3.8) is 0 Å². The molecule has 0 radical (unpaired) electrons. The van der Waals surface area contributed by atoms with Gasteiger partial charge >= 0.3 is 0 Å². The number of aromatic nitrogens is 2. The summed E-state index contributed by atoms with van der Waals surface area (Å²) >= 11 is 0. The molecule has 0 saturated carbocycles. The second-order valence-corrected chi connectivity index (χ2v) is 6.73. The number of rotatable bonds is 5. The standard InChI is InChI=1S/C21H25N5/c1-14-6-7-15(2)19(12-14)24-20-13-16(3)22-21(25-20)23-17-8-10-18(11-9-17)26(4)5/h6-13H,1-5H3,(H2,22,23,24,25). The number of hydrogen-bond acceptors (Lipinski definition) is 5. The molecule has 1 heterocycles. The summed E-state index contributed by atoms with van der Waals surface area (Å²) in [5.41, 5.74) is 6.46. The van der Waals surface area contributed by atoms with Crippen LogP contribution in [0.1, 0.15) is 16.8 Å². The molecule has 26 heavy (non-hydrogen) atoms. The van der Waals surface area contributed by atoms with Gasteiger partial charge in [0.2, 0.25) is 5.95 Å². The highest BCUT2D eigenvalue weighted by molar-refractivity contribution is 5.64. The Morgan fingerprint density at radius 1 is 0.808 bits per heavy atom. The second-order valence-electron chi connectivity index (χ2n) is 6.73. The quantitative estimate of drug-likeness (QED) is 0.683. The van der Waals surface area contributed by atoms with Gasteiger partial charge in [-0.1, -0.05) is 12.1 Å². The van der Waals surface area contributed by atoms with Crippen LogP contribution in [-0.4, -0.2) is 24.1 Å². The van der Waals surface area contributed by atoms with Gasteiger partial charge in [-0.15, -0.1) is 0 Å². The van der Waals surface area contributed by atoms with Gasteiger partial charge in [0.05, 0.1) is 0 Å². The molecule has 0 amide bonds. The number of hydrogen-bond donors (Lipinski definition) is 2. The normalized spacial score (nSPS) is 10.5. The molecule has 5 heteroatoms. The molecular weight excluding hydrogens is 322 g/mol. The van der Waals surface area contributed by atoms with Crippen LogP contribution in [0.3, 0.4) is 0 Å². The van der Waals surface area contributed by atoms with Crippen LogP contribution in [-0.2, 0) is 0 Å². The first-order chi connectivity index (χ1) is 12.4. The molecule has 5 nitrogen and oxygen atoms in total. The second kappa shape index (κ2) is 7.44. The van der Waals surface area contributed by atoms with Crippen LogP contribution in [0.5, 0.6) is 0 Å². The molecule has 3 aromatic rings. The summed E-state index contributed by atoms with van der Waals surface area (Å²) < 4.78 is 0. The Morgan fingerprint density at radius 3 is 2.23 bits per heavy atom. The van der Waals surface area contributed by atoms with Crippen LogP contribution in [0.2, 0.25) is 0 Å². The Kier molecular flexibility index (Phi) is 5.07. The molecule has 0 atom stereocenters. The third kappa shape index (κ3) is 4.30. The zero-order chi connectivity index (χ0) is 18.7. The topological polar surface area (TPSA) is 53.1 Å². The maximum absolute atomic E-state index is 4.61. The fourth-order valence-corrected chi connectivity index (χ4v) is 2.67. The minimum atomic E-state index is 0.579. The molecule has 1 aromatic heterocycles. The molecule has 0 saturated heterocycles. The van der Waals surface area contributed by atoms with Crippen molar-refractivity contribution in [3.05, 3.63) is 65.4 Å². The molecule has 0 unspecified atom stereocenters. The summed E-state index contributed by atoms with van der Waals surface area (Å²) in [6.07, 6.45) is 0. The van der Waals surface area contributed by atoms with Crippen molar-refractivity contribution in [1.29, 1.82) is 0 Å². The predicted octanol–water partition coefficient (Wildman–Crippen LogP) is 4.96. The van der Waals surface area contributed by atoms with E-state index in [1.54, 1.807) is 0 Å². The van der Waals surface area contributed by atoms with Gasteiger partial charge in [-0.05, 0) is 62.2 Å². The molecule has 0 fully saturated rings. The van der Waals surface area contributed by atoms with Crippen molar-refractivity contribution >= 4 is 28.8 Å². The van der Waals surface area contributed by atoms with E-state index in [9.17, 15) is 0 Å². The van der Waals surface area contributed by atoms with Gasteiger partial charge in [0.1, 0.15) is 5.82 Å². The van der Waals surface area contributed by atoms with Gasteiger partial charge in [-0.2, -0.15) is 4.98 Å². The SMILES string of the molecule is Cc1ccc(C)c(Nc2cc(C)nc(Nc3ccc(N(C)C)cc3)n2)c1. The summed E-state index contributed by atoms with van der Waals surface area (Å²) in [5.74, 6) is 1.36. The van der Waals surface area contributed by atoms with Crippen LogP contribution in [0.15, 0.2) is 48.5 Å². The van der Waals surface area contributed by atoms with Crippen LogP contribution < -0.4 is 15.5 Å². The third-order valence-corrected chi connectivity index (χ3v) is 4.15. The molecule has 3 rings (SSSR count). The highest BCUT2D eigenvalue weighted by Gasteiger charge is 2.06. The first kappa shape index (κ1) is 17.7. The van der Waals surface area contributed by atoms with E-state index >= 15 is 0 Å². The Labute approximate surface area is 155 Å². The lowest BCUT2D eigenvalue weighted by Gasteiger charge is -2.14. The Balaban J connectivity index is 1.82. The maximum Gasteiger partial charge on any atom is 0.229 e. The molecule has 134 valence electrons. The van der Waals surface area contributed by atoms with Crippen molar-refractivity contribution in [2.75, 3.05) is 29.6 Å². The third-order valence-electron chi connectivity index (χ3n) is 4.15. The van der Waals surface area contributed by atoms with E-state index in [1.807, 2.05) is 39.2 Å². The van der Waals surface area contributed by atoms with Crippen molar-refractivity contribution in [2.24, 2.45) is 0 Å². The van der Waals surface area contributed by atoms with E-state index in [4.69, 9.17) is 0 Å². The van der Waals surface area contributed by atoms with Crippen LogP contribution in [0, 0.1) is 20.8 Å². The lowest BCUT2D eigenvalue weighted by molar-refractivity contribution is 1.10. The Hall–Kier alpha value is -3.08. The molecule has 2 aromatic carbocycles. The number of nitrogens with zero attached hydrogens (tertiary/aromatic N) is 3. The minimum Gasteiger partial charge on any atom is -0.378 e. The van der Waals surface area contributed by atoms with Gasteiger partial charge in [0.15, 0.2) is 0 Å². The fraction of sp³-hybridized carbons (Fsp3) is 0.238. The average molecular weight is 347 g/mol. The number of nitrogens with one attached hydrogen (secondary N) is 2. The lowest BCUT2D eigenvalue weighted by Crippen LogP contribution is -2.08. The van der Waals surface area contributed by atoms with Crippen LogP contribution in [0.4, 0.5) is 28.8 Å². The number of anilines is 5. The van der Waals surface area contributed by atoms with Gasteiger partial charge in [0.25, 0.3) is 0 Å². The van der Waals surface area contributed by atoms with E-state index in [-0.39, 0.29) is 0 Å². The van der Waals surface area contributed by atoms with Crippen molar-refractivity contribution < 1.29 is 0 Å². The Bertz CT molecular complexity index is 901. The largest absolute Gasteiger partial charge is 0.378 e. The van der Waals surface area contributed by atoms with Crippen LogP contribution in [0.25, 0.3) is 0 Å². The predicted molar refractivity (Wildman–Crippen MR) is 110 cm³/mol. The molecule has 0 aliphatic heterocycles. The van der Waals surface area contributed by atoms with Crippen molar-refractivity contribution in [1.82, 2.24) is 9.97 Å². The molecule has 0 spiro atoms. The summed E-state index contributed by atoms with van der Waals surface area (Å²) in [7, 11) is 4.05. The van der Waals surface area contributed by atoms with Crippen molar-refractivity contribution in [2.45, 2.75) is 20.8 Å². The smallest absolute Gasteiger partial charge is 0.229 e.